The van der Waals surface area contributed by atoms with Gasteiger partial charge in [-0.05, 0) is 30.2 Å². The summed E-state index contributed by atoms with van der Waals surface area (Å²) in [6.45, 7) is 5.29. The number of halogens is 3. The van der Waals surface area contributed by atoms with Gasteiger partial charge in [0.15, 0.2) is 0 Å². The maximum absolute atomic E-state index is 13.2. The molecular weight excluding hydrogens is 279 g/mol. The van der Waals surface area contributed by atoms with Crippen LogP contribution in [0.25, 0.3) is 5.69 Å². The van der Waals surface area contributed by atoms with Gasteiger partial charge in [-0.2, -0.15) is 13.2 Å². The highest BCUT2D eigenvalue weighted by atomic mass is 19.4. The molecule has 0 radical (unpaired) electrons. The molecule has 2 rings (SSSR count). The van der Waals surface area contributed by atoms with Crippen LogP contribution in [0.4, 0.5) is 13.2 Å². The summed E-state index contributed by atoms with van der Waals surface area (Å²) in [5.74, 6) is 0.456. The van der Waals surface area contributed by atoms with Gasteiger partial charge in [-0.1, -0.05) is 19.9 Å². The van der Waals surface area contributed by atoms with E-state index in [0.717, 1.165) is 6.54 Å². The number of benzene rings is 1. The van der Waals surface area contributed by atoms with Crippen LogP contribution in [0.5, 0.6) is 0 Å². The van der Waals surface area contributed by atoms with Gasteiger partial charge in [0, 0.05) is 18.9 Å². The van der Waals surface area contributed by atoms with Crippen molar-refractivity contribution in [1.82, 2.24) is 14.9 Å². The molecule has 114 valence electrons. The lowest BCUT2D eigenvalue weighted by Gasteiger charge is -2.15. The number of alkyl halides is 3. The van der Waals surface area contributed by atoms with Crippen molar-refractivity contribution >= 4 is 0 Å². The summed E-state index contributed by atoms with van der Waals surface area (Å²) in [4.78, 5) is 3.80. The van der Waals surface area contributed by atoms with Crippen LogP contribution < -0.4 is 5.32 Å². The highest BCUT2D eigenvalue weighted by molar-refractivity contribution is 5.45. The van der Waals surface area contributed by atoms with Gasteiger partial charge in [-0.25, -0.2) is 4.98 Å². The van der Waals surface area contributed by atoms with Crippen LogP contribution in [0.3, 0.4) is 0 Å². The van der Waals surface area contributed by atoms with E-state index < -0.39 is 11.7 Å². The third-order valence-corrected chi connectivity index (χ3v) is 3.03. The third-order valence-electron chi connectivity index (χ3n) is 3.03. The molecule has 0 spiro atoms. The molecule has 2 aromatic rings. The first-order valence-electron chi connectivity index (χ1n) is 6.77. The Labute approximate surface area is 121 Å². The number of hydrogen-bond donors (Lipinski definition) is 1. The normalized spacial score (nSPS) is 12.1. The molecular formula is C15H18F3N3. The Hall–Kier alpha value is -1.82. The maximum Gasteiger partial charge on any atom is 0.418 e. The smallest absolute Gasteiger partial charge is 0.312 e. The lowest BCUT2D eigenvalue weighted by atomic mass is 10.1. The van der Waals surface area contributed by atoms with Crippen LogP contribution >= 0.6 is 0 Å². The fourth-order valence-electron chi connectivity index (χ4n) is 2.05. The number of imidazole rings is 1. The topological polar surface area (TPSA) is 29.9 Å². The molecule has 1 aromatic heterocycles. The molecule has 0 unspecified atom stereocenters. The summed E-state index contributed by atoms with van der Waals surface area (Å²) in [6.07, 6.45) is -0.0750. The van der Waals surface area contributed by atoms with E-state index in [1.165, 1.54) is 35.4 Å². The number of hydrogen-bond acceptors (Lipinski definition) is 2. The first-order valence-corrected chi connectivity index (χ1v) is 6.77. The van der Waals surface area contributed by atoms with Crippen LogP contribution in [-0.4, -0.2) is 16.1 Å². The molecule has 0 amide bonds. The van der Waals surface area contributed by atoms with Gasteiger partial charge in [0.1, 0.15) is 0 Å². The van der Waals surface area contributed by atoms with Gasteiger partial charge in [0.25, 0.3) is 0 Å². The quantitative estimate of drug-likeness (QED) is 0.913. The first-order chi connectivity index (χ1) is 9.88. The first kappa shape index (κ1) is 15.6. The van der Waals surface area contributed by atoms with E-state index in [0.29, 0.717) is 18.0 Å². The monoisotopic (exact) mass is 297 g/mol. The fourth-order valence-corrected chi connectivity index (χ4v) is 2.05. The molecule has 3 nitrogen and oxygen atoms in total. The maximum atomic E-state index is 13.2. The molecule has 1 heterocycles. The number of rotatable bonds is 5. The van der Waals surface area contributed by atoms with E-state index in [9.17, 15) is 13.2 Å². The van der Waals surface area contributed by atoms with E-state index in [-0.39, 0.29) is 5.69 Å². The molecule has 0 atom stereocenters. The summed E-state index contributed by atoms with van der Waals surface area (Å²) in [5, 5.41) is 3.15. The van der Waals surface area contributed by atoms with Crippen LogP contribution in [0.2, 0.25) is 0 Å². The molecule has 21 heavy (non-hydrogen) atoms. The molecule has 1 aromatic carbocycles. The Morgan fingerprint density at radius 2 is 2.05 bits per heavy atom. The molecule has 0 bridgehead atoms. The van der Waals surface area contributed by atoms with Crippen molar-refractivity contribution in [3.05, 3.63) is 48.0 Å². The zero-order valence-corrected chi connectivity index (χ0v) is 12.0. The number of aromatic nitrogens is 2. The Kier molecular flexibility index (Phi) is 4.67. The number of nitrogens with one attached hydrogen (secondary N) is 1. The highest BCUT2D eigenvalue weighted by Gasteiger charge is 2.34. The minimum absolute atomic E-state index is 0.0904. The summed E-state index contributed by atoms with van der Waals surface area (Å²) >= 11 is 0. The summed E-state index contributed by atoms with van der Waals surface area (Å²) in [7, 11) is 0. The van der Waals surface area contributed by atoms with Crippen molar-refractivity contribution in [2.24, 2.45) is 5.92 Å². The molecule has 1 N–H and O–H groups in total. The van der Waals surface area contributed by atoms with Crippen LogP contribution in [0.1, 0.15) is 25.0 Å². The molecule has 0 aliphatic rings. The van der Waals surface area contributed by atoms with Gasteiger partial charge in [0.2, 0.25) is 0 Å². The van der Waals surface area contributed by atoms with Crippen molar-refractivity contribution in [2.75, 3.05) is 6.54 Å². The minimum atomic E-state index is -4.40. The average Bonchev–Trinajstić information content (AvgIpc) is 2.91. The molecule has 0 fully saturated rings. The summed E-state index contributed by atoms with van der Waals surface area (Å²) < 4.78 is 41.0. The van der Waals surface area contributed by atoms with E-state index in [1.807, 2.05) is 0 Å². The lowest BCUT2D eigenvalue weighted by molar-refractivity contribution is -0.137. The van der Waals surface area contributed by atoms with E-state index in [1.54, 1.807) is 6.07 Å². The molecule has 0 aliphatic heterocycles. The van der Waals surface area contributed by atoms with Gasteiger partial charge < -0.3 is 9.88 Å². The van der Waals surface area contributed by atoms with Crippen molar-refractivity contribution in [3.63, 3.8) is 0 Å². The molecule has 0 saturated carbocycles. The van der Waals surface area contributed by atoms with E-state index in [4.69, 9.17) is 0 Å². The Balaban J connectivity index is 2.28. The predicted molar refractivity (Wildman–Crippen MR) is 75.1 cm³/mol. The second-order valence-electron chi connectivity index (χ2n) is 5.34. The zero-order chi connectivity index (χ0) is 15.5. The molecule has 0 saturated heterocycles. The average molecular weight is 297 g/mol. The largest absolute Gasteiger partial charge is 0.418 e. The minimum Gasteiger partial charge on any atom is -0.312 e. The van der Waals surface area contributed by atoms with E-state index >= 15 is 0 Å². The van der Waals surface area contributed by atoms with Crippen molar-refractivity contribution in [2.45, 2.75) is 26.6 Å². The Morgan fingerprint density at radius 1 is 1.29 bits per heavy atom. The van der Waals surface area contributed by atoms with E-state index in [2.05, 4.69) is 24.1 Å². The van der Waals surface area contributed by atoms with Crippen molar-refractivity contribution in [3.8, 4) is 5.69 Å². The zero-order valence-electron chi connectivity index (χ0n) is 12.0. The van der Waals surface area contributed by atoms with Crippen LogP contribution in [0, 0.1) is 5.92 Å². The third kappa shape index (κ3) is 4.07. The van der Waals surface area contributed by atoms with Gasteiger partial charge in [-0.15, -0.1) is 0 Å². The van der Waals surface area contributed by atoms with Gasteiger partial charge in [0.05, 0.1) is 17.6 Å². The van der Waals surface area contributed by atoms with Gasteiger partial charge in [-0.3, -0.25) is 0 Å². The fraction of sp³-hybridized carbons (Fsp3) is 0.400. The highest BCUT2D eigenvalue weighted by Crippen LogP contribution is 2.34. The van der Waals surface area contributed by atoms with Crippen LogP contribution in [-0.2, 0) is 12.7 Å². The Morgan fingerprint density at radius 3 is 2.62 bits per heavy atom. The second-order valence-corrected chi connectivity index (χ2v) is 5.34. The molecule has 6 heteroatoms. The van der Waals surface area contributed by atoms with Gasteiger partial charge >= 0.3 is 6.18 Å². The second kappa shape index (κ2) is 6.30. The van der Waals surface area contributed by atoms with Crippen molar-refractivity contribution in [1.29, 1.82) is 0 Å². The van der Waals surface area contributed by atoms with Crippen molar-refractivity contribution < 1.29 is 13.2 Å². The standard InChI is InChI=1S/C15H18F3N3/c1-11(2)8-20-9-12-3-4-14(21-6-5-19-10-21)13(7-12)15(16,17)18/h3-7,10-11,20H,8-9H2,1-2H3. The Bertz CT molecular complexity index is 574. The molecule has 0 aliphatic carbocycles. The summed E-state index contributed by atoms with van der Waals surface area (Å²) in [6, 6.07) is 4.39. The summed E-state index contributed by atoms with van der Waals surface area (Å²) in [5.41, 5.74) is 0.0591. The number of nitrogens with zero attached hydrogens (tertiary/aromatic N) is 2. The SMILES string of the molecule is CC(C)CNCc1ccc(-n2ccnc2)c(C(F)(F)F)c1. The predicted octanol–water partition coefficient (Wildman–Crippen LogP) is 3.64. The lowest BCUT2D eigenvalue weighted by Crippen LogP contribution is -2.19. The van der Waals surface area contributed by atoms with Crippen LogP contribution in [0.15, 0.2) is 36.9 Å².